The van der Waals surface area contributed by atoms with Crippen LogP contribution in [0, 0.1) is 23.1 Å². The summed E-state index contributed by atoms with van der Waals surface area (Å²) in [5.41, 5.74) is 2.96. The van der Waals surface area contributed by atoms with Crippen LogP contribution in [-0.2, 0) is 15.9 Å². The molecular formula is C20H20FNO2. The van der Waals surface area contributed by atoms with Gasteiger partial charge in [0.05, 0.1) is 18.8 Å². The molecule has 1 fully saturated rings. The normalized spacial score (nSPS) is 20.5. The third-order valence-electron chi connectivity index (χ3n) is 4.18. The molecule has 0 amide bonds. The van der Waals surface area contributed by atoms with Crippen molar-refractivity contribution in [2.45, 2.75) is 26.1 Å². The van der Waals surface area contributed by atoms with Crippen molar-refractivity contribution < 1.29 is 13.9 Å². The van der Waals surface area contributed by atoms with Gasteiger partial charge in [0.2, 0.25) is 0 Å². The second-order valence-electron chi connectivity index (χ2n) is 6.24. The number of aryl methyl sites for hydroxylation is 1. The lowest BCUT2D eigenvalue weighted by molar-refractivity contribution is -0.199. The number of benzene rings is 2. The maximum Gasteiger partial charge on any atom is 0.157 e. The van der Waals surface area contributed by atoms with E-state index in [1.54, 1.807) is 6.07 Å². The van der Waals surface area contributed by atoms with Crippen molar-refractivity contribution in [3.8, 4) is 17.2 Å². The van der Waals surface area contributed by atoms with Gasteiger partial charge in [-0.05, 0) is 35.2 Å². The van der Waals surface area contributed by atoms with Crippen molar-refractivity contribution in [1.29, 1.82) is 5.26 Å². The fourth-order valence-electron chi connectivity index (χ4n) is 2.74. The third-order valence-corrected chi connectivity index (χ3v) is 4.18. The zero-order valence-electron chi connectivity index (χ0n) is 13.7. The maximum atomic E-state index is 13.7. The molecule has 2 aromatic carbocycles. The highest BCUT2D eigenvalue weighted by atomic mass is 19.1. The lowest BCUT2D eigenvalue weighted by Gasteiger charge is -2.27. The van der Waals surface area contributed by atoms with E-state index in [0.717, 1.165) is 37.2 Å². The molecule has 0 aromatic heterocycles. The molecule has 1 aliphatic heterocycles. The molecule has 3 nitrogen and oxygen atoms in total. The van der Waals surface area contributed by atoms with E-state index in [1.165, 1.54) is 17.7 Å². The summed E-state index contributed by atoms with van der Waals surface area (Å²) in [6.45, 7) is 3.63. The van der Waals surface area contributed by atoms with Crippen LogP contribution >= 0.6 is 0 Å². The minimum atomic E-state index is -0.486. The Balaban J connectivity index is 1.61. The van der Waals surface area contributed by atoms with E-state index >= 15 is 0 Å². The van der Waals surface area contributed by atoms with Crippen molar-refractivity contribution >= 4 is 0 Å². The van der Waals surface area contributed by atoms with E-state index in [1.807, 2.05) is 30.3 Å². The second-order valence-corrected chi connectivity index (χ2v) is 6.24. The van der Waals surface area contributed by atoms with Crippen molar-refractivity contribution in [3.63, 3.8) is 0 Å². The van der Waals surface area contributed by atoms with Crippen LogP contribution in [0.25, 0.3) is 11.1 Å². The average Bonchev–Trinajstić information content (AvgIpc) is 2.61. The van der Waals surface area contributed by atoms with Gasteiger partial charge in [0.15, 0.2) is 6.29 Å². The van der Waals surface area contributed by atoms with Crippen LogP contribution < -0.4 is 0 Å². The predicted octanol–water partition coefficient (Wildman–Crippen LogP) is 4.31. The number of hydrogen-bond donors (Lipinski definition) is 0. The molecule has 0 aliphatic carbocycles. The molecular weight excluding hydrogens is 305 g/mol. The Hall–Kier alpha value is -2.22. The standard InChI is InChI=1S/C20H20FNO2/c1-14-12-23-20(24-13-14)9-4-15-2-5-16(6-3-15)17-7-8-18(11-22)19(21)10-17/h2-3,5-8,10,14,20H,4,9,12-13H2,1H3. The van der Waals surface area contributed by atoms with E-state index in [4.69, 9.17) is 14.7 Å². The van der Waals surface area contributed by atoms with Gasteiger partial charge in [-0.2, -0.15) is 5.26 Å². The quantitative estimate of drug-likeness (QED) is 0.841. The number of nitriles is 1. The van der Waals surface area contributed by atoms with Crippen LogP contribution in [0.4, 0.5) is 4.39 Å². The summed E-state index contributed by atoms with van der Waals surface area (Å²) in [4.78, 5) is 0. The number of halogens is 1. The highest BCUT2D eigenvalue weighted by Gasteiger charge is 2.18. The topological polar surface area (TPSA) is 42.2 Å². The highest BCUT2D eigenvalue weighted by Crippen LogP contribution is 2.23. The van der Waals surface area contributed by atoms with Gasteiger partial charge in [0.1, 0.15) is 11.9 Å². The van der Waals surface area contributed by atoms with Crippen molar-refractivity contribution in [2.24, 2.45) is 5.92 Å². The monoisotopic (exact) mass is 325 g/mol. The Morgan fingerprint density at radius 3 is 2.38 bits per heavy atom. The molecule has 0 atom stereocenters. The van der Waals surface area contributed by atoms with E-state index in [9.17, 15) is 4.39 Å². The van der Waals surface area contributed by atoms with Crippen LogP contribution in [0.2, 0.25) is 0 Å². The van der Waals surface area contributed by atoms with Gasteiger partial charge in [-0.3, -0.25) is 0 Å². The van der Waals surface area contributed by atoms with Crippen LogP contribution in [0.15, 0.2) is 42.5 Å². The maximum absolute atomic E-state index is 13.7. The van der Waals surface area contributed by atoms with Crippen molar-refractivity contribution in [3.05, 3.63) is 59.4 Å². The first-order chi connectivity index (χ1) is 11.7. The van der Waals surface area contributed by atoms with Gasteiger partial charge >= 0.3 is 0 Å². The summed E-state index contributed by atoms with van der Waals surface area (Å²) in [6, 6.07) is 14.5. The van der Waals surface area contributed by atoms with E-state index < -0.39 is 5.82 Å². The van der Waals surface area contributed by atoms with E-state index in [0.29, 0.717) is 5.92 Å². The highest BCUT2D eigenvalue weighted by molar-refractivity contribution is 5.64. The fourth-order valence-corrected chi connectivity index (χ4v) is 2.74. The van der Waals surface area contributed by atoms with Crippen LogP contribution in [0.3, 0.4) is 0 Å². The Bertz CT molecular complexity index is 728. The Morgan fingerprint density at radius 1 is 1.08 bits per heavy atom. The smallest absolute Gasteiger partial charge is 0.157 e. The molecule has 4 heteroatoms. The summed E-state index contributed by atoms with van der Waals surface area (Å²) in [5.74, 6) is -0.0201. The number of nitrogens with zero attached hydrogens (tertiary/aromatic N) is 1. The zero-order valence-corrected chi connectivity index (χ0v) is 13.7. The largest absolute Gasteiger partial charge is 0.352 e. The molecule has 2 aromatic rings. The third kappa shape index (κ3) is 4.00. The summed E-state index contributed by atoms with van der Waals surface area (Å²) in [7, 11) is 0. The number of rotatable bonds is 4. The van der Waals surface area contributed by atoms with Gasteiger partial charge in [-0.15, -0.1) is 0 Å². The SMILES string of the molecule is CC1COC(CCc2ccc(-c3ccc(C#N)c(F)c3)cc2)OC1. The van der Waals surface area contributed by atoms with E-state index in [-0.39, 0.29) is 11.9 Å². The number of ether oxygens (including phenoxy) is 2. The van der Waals surface area contributed by atoms with Crippen molar-refractivity contribution in [2.75, 3.05) is 13.2 Å². The lowest BCUT2D eigenvalue weighted by Crippen LogP contribution is -2.30. The molecule has 1 aliphatic rings. The number of hydrogen-bond acceptors (Lipinski definition) is 3. The van der Waals surface area contributed by atoms with Gasteiger partial charge in [0, 0.05) is 12.3 Å². The van der Waals surface area contributed by atoms with Gasteiger partial charge in [-0.25, -0.2) is 4.39 Å². The molecule has 1 heterocycles. The predicted molar refractivity (Wildman–Crippen MR) is 89.7 cm³/mol. The molecule has 0 N–H and O–H groups in total. The fraction of sp³-hybridized carbons (Fsp3) is 0.350. The first-order valence-corrected chi connectivity index (χ1v) is 8.18. The first kappa shape index (κ1) is 16.6. The summed E-state index contributed by atoms with van der Waals surface area (Å²) in [5, 5.41) is 8.79. The van der Waals surface area contributed by atoms with Crippen LogP contribution in [-0.4, -0.2) is 19.5 Å². The molecule has 0 unspecified atom stereocenters. The lowest BCUT2D eigenvalue weighted by atomic mass is 10.0. The molecule has 124 valence electrons. The minimum Gasteiger partial charge on any atom is -0.352 e. The molecule has 0 radical (unpaired) electrons. The second kappa shape index (κ2) is 7.57. The van der Waals surface area contributed by atoms with Gasteiger partial charge in [-0.1, -0.05) is 37.3 Å². The molecule has 0 bridgehead atoms. The first-order valence-electron chi connectivity index (χ1n) is 8.18. The van der Waals surface area contributed by atoms with E-state index in [2.05, 4.69) is 6.92 Å². The molecule has 3 rings (SSSR count). The van der Waals surface area contributed by atoms with Crippen LogP contribution in [0.5, 0.6) is 0 Å². The Kier molecular flexibility index (Phi) is 5.24. The molecule has 0 spiro atoms. The summed E-state index contributed by atoms with van der Waals surface area (Å²) in [6.07, 6.45) is 1.59. The van der Waals surface area contributed by atoms with Crippen molar-refractivity contribution in [1.82, 2.24) is 0 Å². The molecule has 0 saturated carbocycles. The Labute approximate surface area is 141 Å². The molecule has 24 heavy (non-hydrogen) atoms. The minimum absolute atomic E-state index is 0.0668. The van der Waals surface area contributed by atoms with Crippen LogP contribution in [0.1, 0.15) is 24.5 Å². The molecule has 1 saturated heterocycles. The summed E-state index contributed by atoms with van der Waals surface area (Å²) < 4.78 is 25.0. The Morgan fingerprint density at radius 2 is 1.75 bits per heavy atom. The van der Waals surface area contributed by atoms with Gasteiger partial charge < -0.3 is 9.47 Å². The summed E-state index contributed by atoms with van der Waals surface area (Å²) >= 11 is 0. The zero-order chi connectivity index (χ0) is 16.9. The van der Waals surface area contributed by atoms with Gasteiger partial charge in [0.25, 0.3) is 0 Å². The average molecular weight is 325 g/mol.